The summed E-state index contributed by atoms with van der Waals surface area (Å²) in [6, 6.07) is 20.0. The predicted molar refractivity (Wildman–Crippen MR) is 75.0 cm³/mol. The van der Waals surface area contributed by atoms with Gasteiger partial charge in [0.15, 0.2) is 0 Å². The van der Waals surface area contributed by atoms with E-state index in [2.05, 4.69) is 4.90 Å². The van der Waals surface area contributed by atoms with Gasteiger partial charge in [-0.25, -0.2) is 0 Å². The molecule has 94 valence electrons. The van der Waals surface area contributed by atoms with Gasteiger partial charge in [-0.3, -0.25) is 0 Å². The fraction of sp³-hybridized carbons (Fsp3) is 0.200. The zero-order valence-electron chi connectivity index (χ0n) is 10.2. The quantitative estimate of drug-likeness (QED) is 0.844. The number of nitrogens with two attached hydrogens (primary N) is 1. The van der Waals surface area contributed by atoms with Crippen molar-refractivity contribution in [2.45, 2.75) is 6.10 Å². The summed E-state index contributed by atoms with van der Waals surface area (Å²) in [5.74, 6) is 0. The van der Waals surface area contributed by atoms with Crippen molar-refractivity contribution in [3.8, 4) is 0 Å². The second-order valence-electron chi connectivity index (χ2n) is 4.17. The monoisotopic (exact) mass is 242 g/mol. The average Bonchev–Trinajstić information content (AvgIpc) is 2.46. The molecule has 0 unspecified atom stereocenters. The summed E-state index contributed by atoms with van der Waals surface area (Å²) < 4.78 is 0. The highest BCUT2D eigenvalue weighted by Crippen LogP contribution is 2.24. The maximum atomic E-state index is 9.78. The van der Waals surface area contributed by atoms with E-state index < -0.39 is 6.10 Å². The number of hydrogen-bond acceptors (Lipinski definition) is 3. The second-order valence-corrected chi connectivity index (χ2v) is 4.17. The first-order chi connectivity index (χ1) is 8.81. The minimum Gasteiger partial charge on any atom is -0.390 e. The molecule has 0 saturated carbocycles. The van der Waals surface area contributed by atoms with Crippen molar-refractivity contribution in [3.05, 3.63) is 60.7 Å². The van der Waals surface area contributed by atoms with E-state index in [1.54, 1.807) is 0 Å². The third kappa shape index (κ3) is 3.09. The van der Waals surface area contributed by atoms with E-state index in [0.717, 1.165) is 11.4 Å². The van der Waals surface area contributed by atoms with E-state index in [-0.39, 0.29) is 6.54 Å². The number of para-hydroxylation sites is 2. The van der Waals surface area contributed by atoms with Gasteiger partial charge in [0.1, 0.15) is 0 Å². The average molecular weight is 242 g/mol. The molecule has 2 aromatic rings. The number of aliphatic hydroxyl groups is 1. The highest BCUT2D eigenvalue weighted by molar-refractivity contribution is 5.62. The Morgan fingerprint density at radius 2 is 1.33 bits per heavy atom. The highest BCUT2D eigenvalue weighted by atomic mass is 16.3. The van der Waals surface area contributed by atoms with E-state index in [4.69, 9.17) is 5.73 Å². The van der Waals surface area contributed by atoms with Crippen LogP contribution in [0.2, 0.25) is 0 Å². The van der Waals surface area contributed by atoms with Gasteiger partial charge in [0.25, 0.3) is 0 Å². The Morgan fingerprint density at radius 1 is 0.889 bits per heavy atom. The van der Waals surface area contributed by atoms with Crippen molar-refractivity contribution in [2.24, 2.45) is 5.73 Å². The largest absolute Gasteiger partial charge is 0.390 e. The Kier molecular flexibility index (Phi) is 4.34. The van der Waals surface area contributed by atoms with Crippen molar-refractivity contribution in [1.82, 2.24) is 0 Å². The normalized spacial score (nSPS) is 12.1. The van der Waals surface area contributed by atoms with Gasteiger partial charge < -0.3 is 15.7 Å². The van der Waals surface area contributed by atoms with Crippen LogP contribution in [0.5, 0.6) is 0 Å². The molecule has 0 fully saturated rings. The summed E-state index contributed by atoms with van der Waals surface area (Å²) >= 11 is 0. The lowest BCUT2D eigenvalue weighted by molar-refractivity contribution is 0.191. The van der Waals surface area contributed by atoms with E-state index in [1.165, 1.54) is 0 Å². The van der Waals surface area contributed by atoms with Crippen LogP contribution in [0.25, 0.3) is 0 Å². The van der Waals surface area contributed by atoms with Gasteiger partial charge in [-0.2, -0.15) is 0 Å². The Hall–Kier alpha value is -1.84. The summed E-state index contributed by atoms with van der Waals surface area (Å²) in [5, 5.41) is 9.78. The fourth-order valence-corrected chi connectivity index (χ4v) is 1.86. The molecule has 0 aliphatic rings. The van der Waals surface area contributed by atoms with Gasteiger partial charge in [0, 0.05) is 17.9 Å². The molecule has 0 aliphatic carbocycles. The lowest BCUT2D eigenvalue weighted by Gasteiger charge is -2.27. The number of rotatable bonds is 5. The van der Waals surface area contributed by atoms with Crippen LogP contribution in [0.3, 0.4) is 0 Å². The van der Waals surface area contributed by atoms with E-state index in [1.807, 2.05) is 60.7 Å². The lowest BCUT2D eigenvalue weighted by atomic mass is 10.2. The number of hydrogen-bond donors (Lipinski definition) is 2. The molecule has 0 aliphatic heterocycles. The zero-order valence-corrected chi connectivity index (χ0v) is 10.2. The Labute approximate surface area is 107 Å². The SMILES string of the molecule is NC[C@H](O)CN(c1ccccc1)c1ccccc1. The van der Waals surface area contributed by atoms with Crippen molar-refractivity contribution < 1.29 is 5.11 Å². The van der Waals surface area contributed by atoms with Crippen LogP contribution in [0.15, 0.2) is 60.7 Å². The smallest absolute Gasteiger partial charge is 0.0841 e. The van der Waals surface area contributed by atoms with Gasteiger partial charge >= 0.3 is 0 Å². The summed E-state index contributed by atoms with van der Waals surface area (Å²) in [7, 11) is 0. The molecule has 3 nitrogen and oxygen atoms in total. The third-order valence-electron chi connectivity index (χ3n) is 2.80. The molecule has 0 radical (unpaired) electrons. The first-order valence-corrected chi connectivity index (χ1v) is 6.07. The predicted octanol–water partition coefficient (Wildman–Crippen LogP) is 2.14. The maximum Gasteiger partial charge on any atom is 0.0841 e. The van der Waals surface area contributed by atoms with Crippen molar-refractivity contribution in [3.63, 3.8) is 0 Å². The van der Waals surface area contributed by atoms with Crippen LogP contribution in [0, 0.1) is 0 Å². The Bertz CT molecular complexity index is 419. The molecule has 0 bridgehead atoms. The minimum atomic E-state index is -0.537. The van der Waals surface area contributed by atoms with Crippen LogP contribution in [-0.2, 0) is 0 Å². The molecule has 0 saturated heterocycles. The molecule has 2 aromatic carbocycles. The van der Waals surface area contributed by atoms with Crippen molar-refractivity contribution in [2.75, 3.05) is 18.0 Å². The number of anilines is 2. The van der Waals surface area contributed by atoms with E-state index in [9.17, 15) is 5.11 Å². The Morgan fingerprint density at radius 3 is 1.72 bits per heavy atom. The molecular weight excluding hydrogens is 224 g/mol. The third-order valence-corrected chi connectivity index (χ3v) is 2.80. The standard InChI is InChI=1S/C15H18N2O/c16-11-15(18)12-17(13-7-3-1-4-8-13)14-9-5-2-6-10-14/h1-10,15,18H,11-12,16H2/t15-/m0/s1. The molecule has 1 atom stereocenters. The number of benzene rings is 2. The van der Waals surface area contributed by atoms with Crippen LogP contribution < -0.4 is 10.6 Å². The first-order valence-electron chi connectivity index (χ1n) is 6.07. The van der Waals surface area contributed by atoms with Crippen molar-refractivity contribution >= 4 is 11.4 Å². The zero-order chi connectivity index (χ0) is 12.8. The number of aliphatic hydroxyl groups excluding tert-OH is 1. The van der Waals surface area contributed by atoms with Gasteiger partial charge in [0.05, 0.1) is 12.6 Å². The van der Waals surface area contributed by atoms with Gasteiger partial charge in [0.2, 0.25) is 0 Å². The van der Waals surface area contributed by atoms with Crippen LogP contribution in [0.1, 0.15) is 0 Å². The summed E-state index contributed by atoms with van der Waals surface area (Å²) in [6.07, 6.45) is -0.537. The minimum absolute atomic E-state index is 0.260. The van der Waals surface area contributed by atoms with Crippen LogP contribution in [-0.4, -0.2) is 24.3 Å². The van der Waals surface area contributed by atoms with Gasteiger partial charge in [-0.1, -0.05) is 36.4 Å². The maximum absolute atomic E-state index is 9.78. The van der Waals surface area contributed by atoms with Gasteiger partial charge in [-0.05, 0) is 24.3 Å². The van der Waals surface area contributed by atoms with E-state index in [0.29, 0.717) is 6.54 Å². The summed E-state index contributed by atoms with van der Waals surface area (Å²) in [5.41, 5.74) is 7.60. The highest BCUT2D eigenvalue weighted by Gasteiger charge is 2.12. The van der Waals surface area contributed by atoms with Crippen LogP contribution in [0.4, 0.5) is 11.4 Å². The first kappa shape index (κ1) is 12.6. The molecule has 18 heavy (non-hydrogen) atoms. The molecule has 3 N–H and O–H groups in total. The molecule has 3 heteroatoms. The second kappa shape index (κ2) is 6.19. The summed E-state index contributed by atoms with van der Waals surface area (Å²) in [6.45, 7) is 0.751. The molecule has 0 amide bonds. The van der Waals surface area contributed by atoms with E-state index >= 15 is 0 Å². The fourth-order valence-electron chi connectivity index (χ4n) is 1.86. The molecule has 0 heterocycles. The van der Waals surface area contributed by atoms with Crippen molar-refractivity contribution in [1.29, 1.82) is 0 Å². The summed E-state index contributed by atoms with van der Waals surface area (Å²) in [4.78, 5) is 2.07. The molecule has 0 spiro atoms. The molecular formula is C15H18N2O. The van der Waals surface area contributed by atoms with Crippen LogP contribution >= 0.6 is 0 Å². The molecule has 2 rings (SSSR count). The topological polar surface area (TPSA) is 49.5 Å². The molecule has 0 aromatic heterocycles. The lowest BCUT2D eigenvalue weighted by Crippen LogP contribution is -2.33. The number of nitrogens with zero attached hydrogens (tertiary/aromatic N) is 1. The Balaban J connectivity index is 2.29. The van der Waals surface area contributed by atoms with Gasteiger partial charge in [-0.15, -0.1) is 0 Å².